The molecular weight excluding hydrogens is 292 g/mol. The quantitative estimate of drug-likeness (QED) is 0.826. The van der Waals surface area contributed by atoms with E-state index < -0.39 is 21.7 Å². The molecule has 1 amide bonds. The number of ketones is 1. The highest BCUT2D eigenvalue weighted by Crippen LogP contribution is 2.26. The third kappa shape index (κ3) is 2.71. The van der Waals surface area contributed by atoms with Crippen molar-refractivity contribution >= 4 is 27.4 Å². The Kier molecular flexibility index (Phi) is 3.54. The molecule has 0 saturated heterocycles. The van der Waals surface area contributed by atoms with Crippen LogP contribution < -0.4 is 10.0 Å². The zero-order valence-electron chi connectivity index (χ0n) is 11.4. The average Bonchev–Trinajstić information content (AvgIpc) is 2.74. The summed E-state index contributed by atoms with van der Waals surface area (Å²) in [5, 5.41) is 2.40. The minimum absolute atomic E-state index is 0.0247. The van der Waals surface area contributed by atoms with Crippen LogP contribution in [0.15, 0.2) is 23.1 Å². The first-order valence-corrected chi connectivity index (χ1v) is 8.48. The Bertz CT molecular complexity index is 706. The smallest absolute Gasteiger partial charge is 0.296 e. The summed E-state index contributed by atoms with van der Waals surface area (Å²) in [7, 11) is -3.66. The van der Waals surface area contributed by atoms with E-state index in [9.17, 15) is 18.0 Å². The van der Waals surface area contributed by atoms with Crippen LogP contribution in [0, 0.1) is 0 Å². The Labute approximate surface area is 123 Å². The topological polar surface area (TPSA) is 92.3 Å². The van der Waals surface area contributed by atoms with E-state index in [0.29, 0.717) is 5.69 Å². The molecule has 1 aromatic carbocycles. The summed E-state index contributed by atoms with van der Waals surface area (Å²) < 4.78 is 27.4. The van der Waals surface area contributed by atoms with Gasteiger partial charge in [0.25, 0.3) is 11.7 Å². The number of carbonyl (C=O) groups excluding carboxylic acids is 2. The van der Waals surface area contributed by atoms with E-state index in [4.69, 9.17) is 0 Å². The Balaban J connectivity index is 1.86. The Morgan fingerprint density at radius 1 is 1.10 bits per heavy atom. The van der Waals surface area contributed by atoms with Crippen molar-refractivity contribution in [3.05, 3.63) is 23.8 Å². The molecule has 1 heterocycles. The van der Waals surface area contributed by atoms with Gasteiger partial charge in [0.05, 0.1) is 16.1 Å². The van der Waals surface area contributed by atoms with E-state index >= 15 is 0 Å². The van der Waals surface area contributed by atoms with Crippen LogP contribution in [0.2, 0.25) is 0 Å². The molecular formula is C14H16N2O4S. The second kappa shape index (κ2) is 5.23. The summed E-state index contributed by atoms with van der Waals surface area (Å²) in [4.78, 5) is 22.9. The van der Waals surface area contributed by atoms with Crippen molar-refractivity contribution in [1.82, 2.24) is 4.72 Å². The van der Waals surface area contributed by atoms with Gasteiger partial charge in [-0.25, -0.2) is 13.1 Å². The van der Waals surface area contributed by atoms with Gasteiger partial charge in [-0.3, -0.25) is 9.59 Å². The summed E-state index contributed by atoms with van der Waals surface area (Å²) in [6.45, 7) is 0. The first-order chi connectivity index (χ1) is 9.97. The molecule has 7 heteroatoms. The molecule has 3 rings (SSSR count). The van der Waals surface area contributed by atoms with Crippen LogP contribution in [-0.4, -0.2) is 26.2 Å². The van der Waals surface area contributed by atoms with E-state index in [0.717, 1.165) is 32.1 Å². The van der Waals surface area contributed by atoms with Gasteiger partial charge in [-0.15, -0.1) is 0 Å². The molecule has 2 aliphatic rings. The van der Waals surface area contributed by atoms with Crippen LogP contribution in [0.5, 0.6) is 0 Å². The summed E-state index contributed by atoms with van der Waals surface area (Å²) in [5.74, 6) is -1.42. The third-order valence-electron chi connectivity index (χ3n) is 3.93. The molecule has 0 aromatic heterocycles. The van der Waals surface area contributed by atoms with Crippen molar-refractivity contribution in [1.29, 1.82) is 0 Å². The number of fused-ring (bicyclic) bond motifs is 1. The lowest BCUT2D eigenvalue weighted by molar-refractivity contribution is -0.112. The lowest BCUT2D eigenvalue weighted by Gasteiger charge is -2.22. The van der Waals surface area contributed by atoms with Gasteiger partial charge in [-0.05, 0) is 31.0 Å². The first-order valence-electron chi connectivity index (χ1n) is 6.99. The predicted molar refractivity (Wildman–Crippen MR) is 76.6 cm³/mol. The number of anilines is 1. The Morgan fingerprint density at radius 3 is 2.52 bits per heavy atom. The largest absolute Gasteiger partial charge is 0.318 e. The van der Waals surface area contributed by atoms with Crippen molar-refractivity contribution in [2.75, 3.05) is 5.32 Å². The molecule has 0 radical (unpaired) electrons. The van der Waals surface area contributed by atoms with E-state index in [2.05, 4.69) is 10.0 Å². The number of rotatable bonds is 3. The zero-order valence-corrected chi connectivity index (χ0v) is 12.2. The summed E-state index contributed by atoms with van der Waals surface area (Å²) >= 11 is 0. The maximum absolute atomic E-state index is 12.4. The molecule has 1 aliphatic heterocycles. The van der Waals surface area contributed by atoms with Gasteiger partial charge < -0.3 is 5.32 Å². The lowest BCUT2D eigenvalue weighted by Crippen LogP contribution is -2.36. The Morgan fingerprint density at radius 2 is 1.81 bits per heavy atom. The minimum Gasteiger partial charge on any atom is -0.318 e. The van der Waals surface area contributed by atoms with Crippen LogP contribution in [0.25, 0.3) is 0 Å². The van der Waals surface area contributed by atoms with E-state index in [1.807, 2.05) is 0 Å². The van der Waals surface area contributed by atoms with Crippen molar-refractivity contribution in [3.8, 4) is 0 Å². The fourth-order valence-electron chi connectivity index (χ4n) is 2.80. The molecule has 0 unspecified atom stereocenters. The second-order valence-corrected chi connectivity index (χ2v) is 7.16. The first kappa shape index (κ1) is 14.2. The monoisotopic (exact) mass is 308 g/mol. The molecule has 2 N–H and O–H groups in total. The van der Waals surface area contributed by atoms with Crippen LogP contribution in [0.3, 0.4) is 0 Å². The van der Waals surface area contributed by atoms with E-state index in [-0.39, 0.29) is 16.5 Å². The molecule has 1 fully saturated rings. The summed E-state index contributed by atoms with van der Waals surface area (Å²) in [6, 6.07) is 4.07. The third-order valence-corrected chi connectivity index (χ3v) is 5.45. The van der Waals surface area contributed by atoms with Gasteiger partial charge in [0.15, 0.2) is 0 Å². The number of nitrogens with one attached hydrogen (secondary N) is 2. The minimum atomic E-state index is -3.66. The molecule has 21 heavy (non-hydrogen) atoms. The lowest BCUT2D eigenvalue weighted by atomic mass is 9.96. The molecule has 1 saturated carbocycles. The highest BCUT2D eigenvalue weighted by Gasteiger charge is 2.30. The van der Waals surface area contributed by atoms with Gasteiger partial charge in [-0.2, -0.15) is 0 Å². The van der Waals surface area contributed by atoms with Gasteiger partial charge >= 0.3 is 0 Å². The number of hydrogen-bond acceptors (Lipinski definition) is 4. The van der Waals surface area contributed by atoms with Gasteiger partial charge in [-0.1, -0.05) is 19.3 Å². The van der Waals surface area contributed by atoms with Crippen molar-refractivity contribution in [2.45, 2.75) is 43.0 Å². The number of Topliss-reactive ketones (excluding diaryl/α,β-unsaturated/α-hetero) is 1. The molecule has 0 atom stereocenters. The molecule has 112 valence electrons. The maximum atomic E-state index is 12.4. The number of carbonyl (C=O) groups is 2. The maximum Gasteiger partial charge on any atom is 0.296 e. The standard InChI is InChI=1S/C14H16N2O4S/c17-13-11-8-10(6-7-12(11)15-14(13)18)21(19,20)16-9-4-2-1-3-5-9/h6-9,16H,1-5H2,(H,15,17,18). The van der Waals surface area contributed by atoms with Gasteiger partial charge in [0, 0.05) is 6.04 Å². The van der Waals surface area contributed by atoms with Crippen molar-refractivity contribution < 1.29 is 18.0 Å². The summed E-state index contributed by atoms with van der Waals surface area (Å²) in [5.41, 5.74) is 0.480. The molecule has 0 bridgehead atoms. The van der Waals surface area contributed by atoms with Crippen molar-refractivity contribution in [3.63, 3.8) is 0 Å². The number of amides is 1. The predicted octanol–water partition coefficient (Wildman–Crippen LogP) is 1.43. The average molecular weight is 308 g/mol. The SMILES string of the molecule is O=C1Nc2ccc(S(=O)(=O)NC3CCCCC3)cc2C1=O. The summed E-state index contributed by atoms with van der Waals surface area (Å²) in [6.07, 6.45) is 4.86. The second-order valence-electron chi connectivity index (χ2n) is 5.45. The zero-order chi connectivity index (χ0) is 15.0. The number of benzene rings is 1. The molecule has 1 aliphatic carbocycles. The van der Waals surface area contributed by atoms with Crippen LogP contribution >= 0.6 is 0 Å². The number of sulfonamides is 1. The molecule has 1 aromatic rings. The highest BCUT2D eigenvalue weighted by molar-refractivity contribution is 7.89. The Hall–Kier alpha value is -1.73. The van der Waals surface area contributed by atoms with E-state index in [1.54, 1.807) is 0 Å². The van der Waals surface area contributed by atoms with Crippen LogP contribution in [0.4, 0.5) is 5.69 Å². The fraction of sp³-hybridized carbons (Fsp3) is 0.429. The fourth-order valence-corrected chi connectivity index (χ4v) is 4.13. The van der Waals surface area contributed by atoms with Crippen LogP contribution in [-0.2, 0) is 14.8 Å². The number of hydrogen-bond donors (Lipinski definition) is 2. The normalized spacial score (nSPS) is 19.4. The molecule has 0 spiro atoms. The van der Waals surface area contributed by atoms with Gasteiger partial charge in [0.2, 0.25) is 10.0 Å². The molecule has 6 nitrogen and oxygen atoms in total. The van der Waals surface area contributed by atoms with E-state index in [1.165, 1.54) is 18.2 Å². The van der Waals surface area contributed by atoms with Crippen molar-refractivity contribution in [2.24, 2.45) is 0 Å². The highest BCUT2D eigenvalue weighted by atomic mass is 32.2. The van der Waals surface area contributed by atoms with Crippen LogP contribution in [0.1, 0.15) is 42.5 Å². The van der Waals surface area contributed by atoms with Gasteiger partial charge in [0.1, 0.15) is 0 Å².